The fourth-order valence-electron chi connectivity index (χ4n) is 4.79. The number of nitrogens with zero attached hydrogens (tertiary/aromatic N) is 2. The molecule has 2 amide bonds. The number of sulfonamides is 1. The second-order valence-corrected chi connectivity index (χ2v) is 12.9. The minimum atomic E-state index is -4.27. The molecule has 4 rings (SSSR count). The Kier molecular flexibility index (Phi) is 11.7. The van der Waals surface area contributed by atoms with Crippen molar-refractivity contribution in [2.45, 2.75) is 37.8 Å². The molecule has 0 saturated heterocycles. The first kappa shape index (κ1) is 33.7. The molecule has 236 valence electrons. The van der Waals surface area contributed by atoms with Gasteiger partial charge in [-0.2, -0.15) is 0 Å². The molecule has 8 nitrogen and oxygen atoms in total. The average molecular weight is 697 g/mol. The molecule has 4 aromatic rings. The van der Waals surface area contributed by atoms with Crippen LogP contribution in [0.4, 0.5) is 10.1 Å². The molecule has 0 unspecified atom stereocenters. The SMILES string of the molecule is CCNC(=O)[C@@H](Cc1ccccc1)N(Cc1ccccc1F)C(=O)CN(c1ccc(OCC)cc1)S(=O)(=O)c1ccc(Br)cc1. The molecule has 0 aliphatic heterocycles. The van der Waals surface area contributed by atoms with Crippen LogP contribution in [0.3, 0.4) is 0 Å². The number of hydrogen-bond donors (Lipinski definition) is 1. The molecule has 1 atom stereocenters. The van der Waals surface area contributed by atoms with Crippen LogP contribution in [0.2, 0.25) is 0 Å². The quantitative estimate of drug-likeness (QED) is 0.176. The summed E-state index contributed by atoms with van der Waals surface area (Å²) in [7, 11) is -4.27. The Morgan fingerprint density at radius 3 is 2.16 bits per heavy atom. The molecule has 0 bridgehead atoms. The number of ether oxygens (including phenoxy) is 1. The van der Waals surface area contributed by atoms with Crippen LogP contribution >= 0.6 is 15.9 Å². The zero-order valence-electron chi connectivity index (χ0n) is 25.0. The van der Waals surface area contributed by atoms with Crippen molar-refractivity contribution in [3.8, 4) is 5.75 Å². The lowest BCUT2D eigenvalue weighted by molar-refractivity contribution is -0.140. The number of likely N-dealkylation sites (N-methyl/N-ethyl adjacent to an activating group) is 1. The van der Waals surface area contributed by atoms with E-state index in [0.717, 1.165) is 9.87 Å². The molecule has 0 aliphatic carbocycles. The third-order valence-corrected chi connectivity index (χ3v) is 9.35. The zero-order chi connectivity index (χ0) is 32.4. The minimum absolute atomic E-state index is 0.0300. The number of halogens is 2. The number of amides is 2. The number of nitrogens with one attached hydrogen (secondary N) is 1. The van der Waals surface area contributed by atoms with E-state index in [2.05, 4.69) is 21.2 Å². The molecule has 0 aromatic heterocycles. The third kappa shape index (κ3) is 8.70. The molecule has 0 aliphatic rings. The smallest absolute Gasteiger partial charge is 0.264 e. The number of carbonyl (C=O) groups is 2. The second kappa shape index (κ2) is 15.7. The van der Waals surface area contributed by atoms with Gasteiger partial charge in [-0.3, -0.25) is 13.9 Å². The lowest BCUT2D eigenvalue weighted by Gasteiger charge is -2.34. The average Bonchev–Trinajstić information content (AvgIpc) is 3.03. The van der Waals surface area contributed by atoms with Crippen molar-refractivity contribution in [1.82, 2.24) is 10.2 Å². The maximum absolute atomic E-state index is 15.0. The van der Waals surface area contributed by atoms with Crippen molar-refractivity contribution in [3.63, 3.8) is 0 Å². The topological polar surface area (TPSA) is 96.0 Å². The maximum atomic E-state index is 15.0. The second-order valence-electron chi connectivity index (χ2n) is 10.1. The van der Waals surface area contributed by atoms with Crippen LogP contribution in [0.1, 0.15) is 25.0 Å². The summed E-state index contributed by atoms with van der Waals surface area (Å²) < 4.78 is 50.4. The Bertz CT molecular complexity index is 1690. The van der Waals surface area contributed by atoms with E-state index in [4.69, 9.17) is 4.74 Å². The largest absolute Gasteiger partial charge is 0.494 e. The Hall–Kier alpha value is -4.22. The summed E-state index contributed by atoms with van der Waals surface area (Å²) in [5.41, 5.74) is 1.20. The van der Waals surface area contributed by atoms with Crippen molar-refractivity contribution < 1.29 is 27.1 Å². The highest BCUT2D eigenvalue weighted by molar-refractivity contribution is 9.10. The summed E-state index contributed by atoms with van der Waals surface area (Å²) in [5.74, 6) is -1.13. The highest BCUT2D eigenvalue weighted by Gasteiger charge is 2.35. The van der Waals surface area contributed by atoms with Gasteiger partial charge < -0.3 is 15.0 Å². The van der Waals surface area contributed by atoms with E-state index < -0.39 is 40.2 Å². The highest BCUT2D eigenvalue weighted by atomic mass is 79.9. The van der Waals surface area contributed by atoms with Gasteiger partial charge in [-0.15, -0.1) is 0 Å². The fraction of sp³-hybridized carbons (Fsp3) is 0.235. The van der Waals surface area contributed by atoms with Gasteiger partial charge in [-0.1, -0.05) is 64.5 Å². The van der Waals surface area contributed by atoms with Gasteiger partial charge in [0.05, 0.1) is 17.2 Å². The normalized spacial score (nSPS) is 11.8. The fourth-order valence-corrected chi connectivity index (χ4v) is 6.47. The lowest BCUT2D eigenvalue weighted by Crippen LogP contribution is -2.53. The van der Waals surface area contributed by atoms with E-state index in [1.165, 1.54) is 35.2 Å². The van der Waals surface area contributed by atoms with E-state index >= 15 is 0 Å². The number of anilines is 1. The van der Waals surface area contributed by atoms with Gasteiger partial charge in [0.25, 0.3) is 10.0 Å². The number of rotatable bonds is 14. The monoisotopic (exact) mass is 695 g/mol. The van der Waals surface area contributed by atoms with Crippen molar-refractivity contribution in [1.29, 1.82) is 0 Å². The molecular weight excluding hydrogens is 661 g/mol. The van der Waals surface area contributed by atoms with E-state index in [1.54, 1.807) is 49.4 Å². The van der Waals surface area contributed by atoms with E-state index in [0.29, 0.717) is 23.4 Å². The van der Waals surface area contributed by atoms with Crippen molar-refractivity contribution >= 4 is 43.5 Å². The molecule has 45 heavy (non-hydrogen) atoms. The predicted molar refractivity (Wildman–Crippen MR) is 176 cm³/mol. The standard InChI is InChI=1S/C34H35BrFN3O5S/c1-3-37-34(41)32(22-25-10-6-5-7-11-25)38(23-26-12-8-9-13-31(26)36)33(40)24-39(28-16-18-29(19-17-28)44-4-2)45(42,43)30-20-14-27(35)15-21-30/h5-21,32H,3-4,22-24H2,1-2H3,(H,37,41)/t32-/m1/s1. The molecule has 1 N–H and O–H groups in total. The van der Waals surface area contributed by atoms with Crippen LogP contribution in [0.15, 0.2) is 112 Å². The maximum Gasteiger partial charge on any atom is 0.264 e. The predicted octanol–water partition coefficient (Wildman–Crippen LogP) is 5.96. The van der Waals surface area contributed by atoms with Gasteiger partial charge in [0, 0.05) is 29.5 Å². The third-order valence-electron chi connectivity index (χ3n) is 7.04. The minimum Gasteiger partial charge on any atom is -0.494 e. The van der Waals surface area contributed by atoms with E-state index in [9.17, 15) is 22.4 Å². The molecule has 0 heterocycles. The first-order valence-corrected chi connectivity index (χ1v) is 16.7. The summed E-state index contributed by atoms with van der Waals surface area (Å²) in [6, 6.07) is 26.5. The molecule has 0 fully saturated rings. The van der Waals surface area contributed by atoms with Gasteiger partial charge in [-0.05, 0) is 74.0 Å². The zero-order valence-corrected chi connectivity index (χ0v) is 27.4. The van der Waals surface area contributed by atoms with Crippen LogP contribution in [0.25, 0.3) is 0 Å². The summed E-state index contributed by atoms with van der Waals surface area (Å²) in [5, 5.41) is 2.79. The number of hydrogen-bond acceptors (Lipinski definition) is 5. The number of benzene rings is 4. The lowest BCUT2D eigenvalue weighted by atomic mass is 10.0. The van der Waals surface area contributed by atoms with Gasteiger partial charge in [0.2, 0.25) is 11.8 Å². The molecule has 4 aromatic carbocycles. The Labute approximate surface area is 272 Å². The van der Waals surface area contributed by atoms with Gasteiger partial charge in [0.15, 0.2) is 0 Å². The molecule has 0 radical (unpaired) electrons. The van der Waals surface area contributed by atoms with Crippen LogP contribution in [0, 0.1) is 5.82 Å². The summed E-state index contributed by atoms with van der Waals surface area (Å²) in [4.78, 5) is 29.1. The van der Waals surface area contributed by atoms with Crippen LogP contribution < -0.4 is 14.4 Å². The van der Waals surface area contributed by atoms with Gasteiger partial charge >= 0.3 is 0 Å². The number of carbonyl (C=O) groups excluding carboxylic acids is 2. The summed E-state index contributed by atoms with van der Waals surface area (Å²) in [6.07, 6.45) is 0.134. The summed E-state index contributed by atoms with van der Waals surface area (Å²) in [6.45, 7) is 3.43. The Balaban J connectivity index is 1.80. The Morgan fingerprint density at radius 2 is 1.53 bits per heavy atom. The first-order chi connectivity index (χ1) is 21.6. The van der Waals surface area contributed by atoms with Crippen LogP contribution in [0.5, 0.6) is 5.75 Å². The summed E-state index contributed by atoms with van der Waals surface area (Å²) >= 11 is 3.33. The van der Waals surface area contributed by atoms with Crippen LogP contribution in [-0.2, 0) is 32.6 Å². The van der Waals surface area contributed by atoms with Crippen LogP contribution in [-0.4, -0.2) is 50.9 Å². The van der Waals surface area contributed by atoms with Gasteiger partial charge in [0.1, 0.15) is 24.2 Å². The van der Waals surface area contributed by atoms with Crippen molar-refractivity contribution in [2.75, 3.05) is 24.0 Å². The van der Waals surface area contributed by atoms with Crippen molar-refractivity contribution in [2.24, 2.45) is 0 Å². The first-order valence-electron chi connectivity index (χ1n) is 14.5. The van der Waals surface area contributed by atoms with Crippen molar-refractivity contribution in [3.05, 3.63) is 125 Å². The van der Waals surface area contributed by atoms with E-state index in [1.807, 2.05) is 37.3 Å². The van der Waals surface area contributed by atoms with Gasteiger partial charge in [-0.25, -0.2) is 12.8 Å². The highest BCUT2D eigenvalue weighted by Crippen LogP contribution is 2.28. The molecule has 0 saturated carbocycles. The molecule has 11 heteroatoms. The molecular formula is C34H35BrFN3O5S. The molecule has 0 spiro atoms. The van der Waals surface area contributed by atoms with E-state index in [-0.39, 0.29) is 29.1 Å². The Morgan fingerprint density at radius 1 is 0.889 bits per heavy atom.